The monoisotopic (exact) mass is 317 g/mol. The summed E-state index contributed by atoms with van der Waals surface area (Å²) < 4.78 is 1.78. The van der Waals surface area contributed by atoms with Crippen LogP contribution in [0.25, 0.3) is 15.9 Å². The van der Waals surface area contributed by atoms with Gasteiger partial charge in [0.15, 0.2) is 5.65 Å². The largest absolute Gasteiger partial charge is 0.396 e. The van der Waals surface area contributed by atoms with Crippen molar-refractivity contribution in [3.63, 3.8) is 0 Å². The first-order valence-electron chi connectivity index (χ1n) is 7.76. The van der Waals surface area contributed by atoms with Crippen molar-refractivity contribution in [2.24, 2.45) is 5.92 Å². The SMILES string of the molecule is C[C@@H]1CCc2sc3nc(NCCCO)n4ncnc4c3c2C1. The molecule has 1 atom stereocenters. The van der Waals surface area contributed by atoms with Crippen LogP contribution in [0.3, 0.4) is 0 Å². The van der Waals surface area contributed by atoms with Crippen LogP contribution >= 0.6 is 11.3 Å². The van der Waals surface area contributed by atoms with Crippen molar-refractivity contribution in [1.82, 2.24) is 19.6 Å². The zero-order valence-corrected chi connectivity index (χ0v) is 13.4. The van der Waals surface area contributed by atoms with Crippen LogP contribution in [0, 0.1) is 5.92 Å². The quantitative estimate of drug-likeness (QED) is 0.722. The van der Waals surface area contributed by atoms with E-state index >= 15 is 0 Å². The van der Waals surface area contributed by atoms with Crippen molar-refractivity contribution >= 4 is 33.1 Å². The maximum atomic E-state index is 8.93. The molecule has 3 aromatic heterocycles. The Balaban J connectivity index is 1.88. The van der Waals surface area contributed by atoms with E-state index in [9.17, 15) is 0 Å². The first-order valence-corrected chi connectivity index (χ1v) is 8.58. The van der Waals surface area contributed by atoms with E-state index in [1.54, 1.807) is 22.2 Å². The van der Waals surface area contributed by atoms with Crippen molar-refractivity contribution < 1.29 is 5.11 Å². The van der Waals surface area contributed by atoms with Gasteiger partial charge in [-0.05, 0) is 37.2 Å². The van der Waals surface area contributed by atoms with Crippen molar-refractivity contribution in [1.29, 1.82) is 0 Å². The highest BCUT2D eigenvalue weighted by atomic mass is 32.1. The van der Waals surface area contributed by atoms with E-state index in [1.807, 2.05) is 0 Å². The standard InChI is InChI=1S/C15H19N5OS/c1-9-3-4-11-10(7-9)12-13-17-8-18-20(13)15(16-5-2-6-21)19-14(12)22-11/h8-9,21H,2-7H2,1H3,(H,16,19)/t9-/m1/s1. The van der Waals surface area contributed by atoms with E-state index in [0.717, 1.165) is 29.2 Å². The van der Waals surface area contributed by atoms with Gasteiger partial charge in [0.05, 0.1) is 5.39 Å². The molecule has 0 spiro atoms. The van der Waals surface area contributed by atoms with E-state index in [0.29, 0.717) is 18.9 Å². The van der Waals surface area contributed by atoms with Crippen molar-refractivity contribution in [3.8, 4) is 0 Å². The minimum absolute atomic E-state index is 0.168. The highest BCUT2D eigenvalue weighted by Gasteiger charge is 2.24. The predicted octanol–water partition coefficient (Wildman–Crippen LogP) is 2.26. The van der Waals surface area contributed by atoms with Crippen molar-refractivity contribution in [3.05, 3.63) is 16.8 Å². The first kappa shape index (κ1) is 13.9. The highest BCUT2D eigenvalue weighted by Crippen LogP contribution is 2.39. The number of aliphatic hydroxyl groups excluding tert-OH is 1. The molecule has 3 aromatic rings. The normalized spacial score (nSPS) is 18.0. The van der Waals surface area contributed by atoms with Gasteiger partial charge in [0.25, 0.3) is 0 Å². The molecule has 0 unspecified atom stereocenters. The summed E-state index contributed by atoms with van der Waals surface area (Å²) in [4.78, 5) is 11.7. The molecule has 0 amide bonds. The molecule has 0 bridgehead atoms. The second-order valence-electron chi connectivity index (χ2n) is 5.97. The van der Waals surface area contributed by atoms with Gasteiger partial charge in [-0.25, -0.2) is 9.97 Å². The second-order valence-corrected chi connectivity index (χ2v) is 7.05. The van der Waals surface area contributed by atoms with Gasteiger partial charge in [-0.2, -0.15) is 9.61 Å². The molecule has 0 saturated heterocycles. The molecule has 0 aliphatic heterocycles. The molecule has 2 N–H and O–H groups in total. The summed E-state index contributed by atoms with van der Waals surface area (Å²) in [6, 6.07) is 0. The molecule has 0 radical (unpaired) electrons. The van der Waals surface area contributed by atoms with Crippen LogP contribution < -0.4 is 5.32 Å². The van der Waals surface area contributed by atoms with Gasteiger partial charge < -0.3 is 10.4 Å². The van der Waals surface area contributed by atoms with Gasteiger partial charge in [0, 0.05) is 18.0 Å². The molecule has 116 valence electrons. The molecule has 0 saturated carbocycles. The fourth-order valence-electron chi connectivity index (χ4n) is 3.16. The Kier molecular flexibility index (Phi) is 3.46. The molecule has 0 fully saturated rings. The smallest absolute Gasteiger partial charge is 0.227 e. The lowest BCUT2D eigenvalue weighted by atomic mass is 9.89. The van der Waals surface area contributed by atoms with Crippen LogP contribution in [0.1, 0.15) is 30.2 Å². The average molecular weight is 317 g/mol. The van der Waals surface area contributed by atoms with E-state index in [1.165, 1.54) is 22.2 Å². The lowest BCUT2D eigenvalue weighted by Crippen LogP contribution is -2.11. The third kappa shape index (κ3) is 2.16. The summed E-state index contributed by atoms with van der Waals surface area (Å²) in [6.45, 7) is 3.15. The average Bonchev–Trinajstić information content (AvgIpc) is 3.10. The summed E-state index contributed by atoms with van der Waals surface area (Å²) in [6.07, 6.45) is 5.78. The van der Waals surface area contributed by atoms with Crippen LogP contribution in [0.5, 0.6) is 0 Å². The summed E-state index contributed by atoms with van der Waals surface area (Å²) in [5.41, 5.74) is 2.31. The summed E-state index contributed by atoms with van der Waals surface area (Å²) in [7, 11) is 0. The highest BCUT2D eigenvalue weighted by molar-refractivity contribution is 7.19. The molecule has 1 aliphatic carbocycles. The van der Waals surface area contributed by atoms with Crippen molar-refractivity contribution in [2.75, 3.05) is 18.5 Å². The second kappa shape index (κ2) is 5.48. The van der Waals surface area contributed by atoms with Crippen LogP contribution in [0.2, 0.25) is 0 Å². The summed E-state index contributed by atoms with van der Waals surface area (Å²) >= 11 is 1.79. The number of nitrogens with one attached hydrogen (secondary N) is 1. The number of rotatable bonds is 4. The molecular weight excluding hydrogens is 298 g/mol. The molecular formula is C15H19N5OS. The number of hydrogen-bond acceptors (Lipinski definition) is 6. The molecule has 0 aromatic carbocycles. The Morgan fingerprint density at radius 2 is 2.41 bits per heavy atom. The van der Waals surface area contributed by atoms with Crippen LogP contribution in [-0.2, 0) is 12.8 Å². The zero-order valence-electron chi connectivity index (χ0n) is 12.5. The lowest BCUT2D eigenvalue weighted by molar-refractivity contribution is 0.292. The first-order chi connectivity index (χ1) is 10.8. The topological polar surface area (TPSA) is 75.3 Å². The molecule has 6 nitrogen and oxygen atoms in total. The molecule has 22 heavy (non-hydrogen) atoms. The Labute approximate surface area is 132 Å². The lowest BCUT2D eigenvalue weighted by Gasteiger charge is -2.17. The van der Waals surface area contributed by atoms with Gasteiger partial charge in [-0.15, -0.1) is 11.3 Å². The van der Waals surface area contributed by atoms with E-state index in [4.69, 9.17) is 10.1 Å². The molecule has 4 rings (SSSR count). The van der Waals surface area contributed by atoms with Crippen LogP contribution in [0.4, 0.5) is 5.95 Å². The number of aromatic nitrogens is 4. The van der Waals surface area contributed by atoms with E-state index < -0.39 is 0 Å². The Bertz CT molecular complexity index is 824. The Morgan fingerprint density at radius 1 is 1.50 bits per heavy atom. The number of aryl methyl sites for hydroxylation is 1. The van der Waals surface area contributed by atoms with Gasteiger partial charge in [-0.1, -0.05) is 6.92 Å². The predicted molar refractivity (Wildman–Crippen MR) is 87.5 cm³/mol. The van der Waals surface area contributed by atoms with Gasteiger partial charge in [-0.3, -0.25) is 0 Å². The van der Waals surface area contributed by atoms with E-state index in [2.05, 4.69) is 22.3 Å². The molecule has 1 aliphatic rings. The number of nitrogens with zero attached hydrogens (tertiary/aromatic N) is 4. The fourth-order valence-corrected chi connectivity index (χ4v) is 4.37. The summed E-state index contributed by atoms with van der Waals surface area (Å²) in [5, 5.41) is 17.7. The number of anilines is 1. The Morgan fingerprint density at radius 3 is 3.27 bits per heavy atom. The number of thiophene rings is 1. The molecule has 3 heterocycles. The molecule has 7 heteroatoms. The van der Waals surface area contributed by atoms with Crippen LogP contribution in [-0.4, -0.2) is 37.8 Å². The van der Waals surface area contributed by atoms with Crippen LogP contribution in [0.15, 0.2) is 6.33 Å². The summed E-state index contributed by atoms with van der Waals surface area (Å²) in [5.74, 6) is 1.43. The number of fused-ring (bicyclic) bond motifs is 5. The number of hydrogen-bond donors (Lipinski definition) is 2. The maximum Gasteiger partial charge on any atom is 0.227 e. The Hall–Kier alpha value is -1.73. The van der Waals surface area contributed by atoms with Gasteiger partial charge in [0.2, 0.25) is 5.95 Å². The van der Waals surface area contributed by atoms with E-state index in [-0.39, 0.29) is 6.61 Å². The minimum atomic E-state index is 0.168. The fraction of sp³-hybridized carbons (Fsp3) is 0.533. The van der Waals surface area contributed by atoms with Gasteiger partial charge >= 0.3 is 0 Å². The van der Waals surface area contributed by atoms with Gasteiger partial charge in [0.1, 0.15) is 11.2 Å². The maximum absolute atomic E-state index is 8.93. The zero-order chi connectivity index (χ0) is 15.1. The van der Waals surface area contributed by atoms with Crippen molar-refractivity contribution in [2.45, 2.75) is 32.6 Å². The third-order valence-corrected chi connectivity index (χ3v) is 5.47. The number of aliphatic hydroxyl groups is 1. The third-order valence-electron chi connectivity index (χ3n) is 4.29. The minimum Gasteiger partial charge on any atom is -0.396 e.